The number of methoxy groups -OCH3 is 1. The van der Waals surface area contributed by atoms with Gasteiger partial charge in [-0.05, 0) is 67.6 Å². The minimum absolute atomic E-state index is 0.179. The van der Waals surface area contributed by atoms with Gasteiger partial charge in [-0.3, -0.25) is 14.6 Å². The number of amides is 2. The van der Waals surface area contributed by atoms with Gasteiger partial charge in [0.2, 0.25) is 0 Å². The van der Waals surface area contributed by atoms with Crippen LogP contribution in [0.25, 0.3) is 0 Å². The van der Waals surface area contributed by atoms with Crippen molar-refractivity contribution in [2.75, 3.05) is 31.6 Å². The minimum atomic E-state index is -0.453. The number of carbonyl (C=O) groups is 2. The lowest BCUT2D eigenvalue weighted by Crippen LogP contribution is -2.38. The Bertz CT molecular complexity index is 888. The van der Waals surface area contributed by atoms with Crippen LogP contribution in [-0.2, 0) is 16.0 Å². The second-order valence-electron chi connectivity index (χ2n) is 7.79. The van der Waals surface area contributed by atoms with E-state index in [0.717, 1.165) is 48.9 Å². The van der Waals surface area contributed by atoms with E-state index in [4.69, 9.17) is 10.5 Å². The molecule has 0 radical (unpaired) electrons. The number of ether oxygens (including phenoxy) is 1. The lowest BCUT2D eigenvalue weighted by molar-refractivity contribution is -0.140. The van der Waals surface area contributed by atoms with Gasteiger partial charge in [-0.2, -0.15) is 0 Å². The highest BCUT2D eigenvalue weighted by atomic mass is 79.9. The number of nitrogens with two attached hydrogens (primary N) is 1. The number of anilines is 1. The van der Waals surface area contributed by atoms with Gasteiger partial charge in [-0.15, -0.1) is 0 Å². The summed E-state index contributed by atoms with van der Waals surface area (Å²) >= 11 is 3.42. The van der Waals surface area contributed by atoms with Crippen LogP contribution in [-0.4, -0.2) is 43.6 Å². The third kappa shape index (κ3) is 6.31. The molecule has 0 bridgehead atoms. The maximum atomic E-state index is 12.0. The average molecular weight is 488 g/mol. The van der Waals surface area contributed by atoms with E-state index in [9.17, 15) is 9.59 Å². The lowest BCUT2D eigenvalue weighted by atomic mass is 10.1. The van der Waals surface area contributed by atoms with Crippen molar-refractivity contribution < 1.29 is 14.3 Å². The lowest BCUT2D eigenvalue weighted by Gasteiger charge is -2.30. The molecule has 6 nitrogen and oxygen atoms in total. The van der Waals surface area contributed by atoms with Gasteiger partial charge < -0.3 is 10.5 Å². The molecule has 0 heterocycles. The zero-order valence-corrected chi connectivity index (χ0v) is 19.5. The number of urea groups is 1. The molecule has 0 aromatic heterocycles. The first-order chi connectivity index (χ1) is 15.0. The zero-order valence-electron chi connectivity index (χ0n) is 17.9. The smallest absolute Gasteiger partial charge is 0.319 e. The van der Waals surface area contributed by atoms with Gasteiger partial charge in [0.25, 0.3) is 0 Å². The zero-order chi connectivity index (χ0) is 22.2. The van der Waals surface area contributed by atoms with Gasteiger partial charge in [-0.1, -0.05) is 40.2 Å². The molecule has 0 spiro atoms. The number of aryl methyl sites for hydroxylation is 1. The van der Waals surface area contributed by atoms with Crippen LogP contribution in [0.2, 0.25) is 0 Å². The molecular formula is C24H30BrN3O3. The van der Waals surface area contributed by atoms with E-state index in [-0.39, 0.29) is 5.97 Å². The third-order valence-electron chi connectivity index (χ3n) is 5.83. The highest BCUT2D eigenvalue weighted by molar-refractivity contribution is 9.10. The number of carbonyl (C=O) groups excluding carboxylic acids is 2. The number of halogens is 1. The Kier molecular flexibility index (Phi) is 8.49. The quantitative estimate of drug-likeness (QED) is 0.494. The van der Waals surface area contributed by atoms with Gasteiger partial charge >= 0.3 is 12.0 Å². The van der Waals surface area contributed by atoms with Crippen LogP contribution in [0.3, 0.4) is 0 Å². The van der Waals surface area contributed by atoms with Crippen molar-refractivity contribution in [2.45, 2.75) is 38.1 Å². The molecule has 1 atom stereocenters. The van der Waals surface area contributed by atoms with Gasteiger partial charge in [0.1, 0.15) is 0 Å². The second kappa shape index (κ2) is 11.3. The predicted molar refractivity (Wildman–Crippen MR) is 126 cm³/mol. The van der Waals surface area contributed by atoms with Crippen LogP contribution in [0.15, 0.2) is 53.0 Å². The first-order valence-electron chi connectivity index (χ1n) is 10.7. The predicted octanol–water partition coefficient (Wildman–Crippen LogP) is 4.67. The molecule has 166 valence electrons. The fourth-order valence-electron chi connectivity index (χ4n) is 4.29. The van der Waals surface area contributed by atoms with Crippen LogP contribution < -0.4 is 10.6 Å². The monoisotopic (exact) mass is 487 g/mol. The van der Waals surface area contributed by atoms with E-state index < -0.39 is 6.03 Å². The first-order valence-corrected chi connectivity index (χ1v) is 11.5. The number of benzene rings is 2. The van der Waals surface area contributed by atoms with Crippen molar-refractivity contribution in [1.82, 2.24) is 4.90 Å². The Morgan fingerprint density at radius 3 is 2.48 bits per heavy atom. The average Bonchev–Trinajstić information content (AvgIpc) is 3.20. The Balaban J connectivity index is 1.65. The summed E-state index contributed by atoms with van der Waals surface area (Å²) in [6.07, 6.45) is 4.09. The molecular weight excluding hydrogens is 458 g/mol. The summed E-state index contributed by atoms with van der Waals surface area (Å²) in [5.74, 6) is -0.179. The molecule has 0 saturated heterocycles. The van der Waals surface area contributed by atoms with E-state index in [1.165, 1.54) is 18.2 Å². The Labute approximate surface area is 192 Å². The molecule has 2 aromatic rings. The second-order valence-corrected chi connectivity index (χ2v) is 8.70. The van der Waals surface area contributed by atoms with Gasteiger partial charge in [0.05, 0.1) is 7.11 Å². The van der Waals surface area contributed by atoms with Crippen molar-refractivity contribution in [3.8, 4) is 0 Å². The summed E-state index contributed by atoms with van der Waals surface area (Å²) < 4.78 is 5.75. The fraction of sp³-hybridized carbons (Fsp3) is 0.417. The van der Waals surface area contributed by atoms with E-state index in [2.05, 4.69) is 45.1 Å². The topological polar surface area (TPSA) is 75.9 Å². The molecule has 1 aliphatic carbocycles. The van der Waals surface area contributed by atoms with Crippen LogP contribution in [0.1, 0.15) is 42.9 Å². The van der Waals surface area contributed by atoms with Crippen LogP contribution in [0, 0.1) is 0 Å². The Hall–Kier alpha value is -2.38. The number of fused-ring (bicyclic) bond motifs is 1. The molecule has 2 N–H and O–H groups in total. The number of nitrogens with zero attached hydrogens (tertiary/aromatic N) is 2. The fourth-order valence-corrected chi connectivity index (χ4v) is 4.55. The van der Waals surface area contributed by atoms with Crippen LogP contribution in [0.4, 0.5) is 10.5 Å². The van der Waals surface area contributed by atoms with Crippen LogP contribution >= 0.6 is 15.9 Å². The number of hydrogen-bond donors (Lipinski definition) is 1. The number of primary amides is 1. The van der Waals surface area contributed by atoms with E-state index in [1.54, 1.807) is 4.90 Å². The minimum Gasteiger partial charge on any atom is -0.469 e. The molecule has 2 aromatic carbocycles. The molecule has 0 aliphatic heterocycles. The molecule has 1 aliphatic rings. The van der Waals surface area contributed by atoms with E-state index >= 15 is 0 Å². The SMILES string of the molecule is COC(=O)CCCN(CCCN(C(N)=O)c1ccc(Br)cc1)[C@@H]1CCc2ccccc21. The maximum absolute atomic E-state index is 12.0. The summed E-state index contributed by atoms with van der Waals surface area (Å²) in [6.45, 7) is 2.17. The largest absolute Gasteiger partial charge is 0.469 e. The van der Waals surface area contributed by atoms with Gasteiger partial charge in [0.15, 0.2) is 0 Å². The molecule has 2 amide bonds. The summed E-state index contributed by atoms with van der Waals surface area (Å²) in [5, 5.41) is 0. The number of esters is 1. The van der Waals surface area contributed by atoms with E-state index in [1.807, 2.05) is 24.3 Å². The summed E-state index contributed by atoms with van der Waals surface area (Å²) in [7, 11) is 1.42. The molecule has 3 rings (SSSR count). The molecule has 7 heteroatoms. The maximum Gasteiger partial charge on any atom is 0.319 e. The highest BCUT2D eigenvalue weighted by Crippen LogP contribution is 2.35. The Morgan fingerprint density at radius 1 is 1.06 bits per heavy atom. The normalized spacial score (nSPS) is 15.0. The van der Waals surface area contributed by atoms with Crippen molar-refractivity contribution in [3.05, 3.63) is 64.1 Å². The Morgan fingerprint density at radius 2 is 1.77 bits per heavy atom. The van der Waals surface area contributed by atoms with Crippen molar-refractivity contribution in [2.24, 2.45) is 5.73 Å². The highest BCUT2D eigenvalue weighted by Gasteiger charge is 2.27. The molecule has 0 fully saturated rings. The third-order valence-corrected chi connectivity index (χ3v) is 6.36. The van der Waals surface area contributed by atoms with Crippen molar-refractivity contribution in [1.29, 1.82) is 0 Å². The van der Waals surface area contributed by atoms with Crippen LogP contribution in [0.5, 0.6) is 0 Å². The number of hydrogen-bond acceptors (Lipinski definition) is 4. The van der Waals surface area contributed by atoms with Gasteiger partial charge in [-0.25, -0.2) is 4.79 Å². The van der Waals surface area contributed by atoms with Gasteiger partial charge in [0, 0.05) is 35.7 Å². The molecule has 0 unspecified atom stereocenters. The van der Waals surface area contributed by atoms with Crippen molar-refractivity contribution >= 4 is 33.6 Å². The van der Waals surface area contributed by atoms with Crippen molar-refractivity contribution in [3.63, 3.8) is 0 Å². The number of rotatable bonds is 10. The standard InChI is InChI=1S/C24H30BrN3O3/c1-31-23(29)8-4-15-27(22-14-9-18-6-2-3-7-21(18)22)16-5-17-28(24(26)30)20-12-10-19(25)11-13-20/h2-3,6-7,10-13,22H,4-5,8-9,14-17H2,1H3,(H2,26,30)/t22-/m1/s1. The molecule has 0 saturated carbocycles. The summed E-state index contributed by atoms with van der Waals surface area (Å²) in [5.41, 5.74) is 9.22. The summed E-state index contributed by atoms with van der Waals surface area (Å²) in [4.78, 5) is 27.7. The first kappa shape index (κ1) is 23.3. The summed E-state index contributed by atoms with van der Waals surface area (Å²) in [6, 6.07) is 16.0. The molecule has 31 heavy (non-hydrogen) atoms. The van der Waals surface area contributed by atoms with E-state index in [0.29, 0.717) is 19.0 Å².